The van der Waals surface area contributed by atoms with Crippen LogP contribution in [0.4, 0.5) is 0 Å². The third-order valence-electron chi connectivity index (χ3n) is 5.16. The smallest absolute Gasteiger partial charge is 0.255 e. The lowest BCUT2D eigenvalue weighted by atomic mass is 10.0. The summed E-state index contributed by atoms with van der Waals surface area (Å²) in [6.45, 7) is 4.57. The first-order chi connectivity index (χ1) is 12.7. The summed E-state index contributed by atoms with van der Waals surface area (Å²) in [6.07, 6.45) is 4.36. The van der Waals surface area contributed by atoms with Crippen LogP contribution < -0.4 is 0 Å². The number of nitrogens with zero attached hydrogens (tertiary/aromatic N) is 3. The van der Waals surface area contributed by atoms with Crippen molar-refractivity contribution in [2.45, 2.75) is 18.6 Å². The molecule has 0 aliphatic carbocycles. The van der Waals surface area contributed by atoms with Crippen molar-refractivity contribution in [3.63, 3.8) is 0 Å². The lowest BCUT2D eigenvalue weighted by Gasteiger charge is -2.37. The molecule has 0 atom stereocenters. The van der Waals surface area contributed by atoms with E-state index >= 15 is 0 Å². The molecule has 3 fully saturated rings. The number of carbonyl (C=O) groups excluding carboxylic acids is 2. The van der Waals surface area contributed by atoms with Crippen LogP contribution in [0.2, 0.25) is 0 Å². The third-order valence-corrected chi connectivity index (χ3v) is 5.16. The zero-order valence-electron chi connectivity index (χ0n) is 14.7. The van der Waals surface area contributed by atoms with Crippen molar-refractivity contribution in [1.29, 1.82) is 0 Å². The Hall–Kier alpha value is -2.03. The highest BCUT2D eigenvalue weighted by Crippen LogP contribution is 2.31. The number of amides is 2. The van der Waals surface area contributed by atoms with E-state index in [4.69, 9.17) is 14.2 Å². The maximum Gasteiger partial charge on any atom is 0.255 e. The summed E-state index contributed by atoms with van der Waals surface area (Å²) < 4.78 is 16.7. The Morgan fingerprint density at radius 1 is 0.846 bits per heavy atom. The van der Waals surface area contributed by atoms with Gasteiger partial charge in [0.05, 0.1) is 37.6 Å². The molecular formula is C18H23N3O5. The molecule has 1 spiro atoms. The number of hydrogen-bond donors (Lipinski definition) is 0. The molecule has 140 valence electrons. The van der Waals surface area contributed by atoms with E-state index in [1.54, 1.807) is 15.9 Å². The Labute approximate surface area is 152 Å². The number of ether oxygens (including phenoxy) is 3. The number of rotatable bonds is 2. The molecule has 3 saturated heterocycles. The number of likely N-dealkylation sites (tertiary alicyclic amines) is 1. The Balaban J connectivity index is 1.42. The number of pyridine rings is 1. The van der Waals surface area contributed by atoms with Crippen molar-refractivity contribution in [2.24, 2.45) is 0 Å². The molecule has 0 N–H and O–H groups in total. The predicted octanol–water partition coefficient (Wildman–Crippen LogP) is 0.533. The second kappa shape index (κ2) is 7.30. The Morgan fingerprint density at radius 3 is 1.96 bits per heavy atom. The van der Waals surface area contributed by atoms with Crippen LogP contribution in [0.5, 0.6) is 0 Å². The Morgan fingerprint density at radius 2 is 1.38 bits per heavy atom. The standard InChI is InChI=1S/C18H23N3O5/c22-16(20-3-1-18(2-4-20)25-9-10-26-18)14-11-15(13-19-12-14)17(23)21-5-7-24-8-6-21/h11-13H,1-10H2. The molecule has 4 rings (SSSR count). The van der Waals surface area contributed by atoms with Crippen molar-refractivity contribution in [3.05, 3.63) is 29.6 Å². The molecule has 0 aromatic carbocycles. The van der Waals surface area contributed by atoms with E-state index in [1.807, 2.05) is 0 Å². The molecule has 0 radical (unpaired) electrons. The highest BCUT2D eigenvalue weighted by Gasteiger charge is 2.41. The van der Waals surface area contributed by atoms with Crippen LogP contribution in [0.3, 0.4) is 0 Å². The van der Waals surface area contributed by atoms with Gasteiger partial charge in [0, 0.05) is 51.4 Å². The number of piperidine rings is 1. The van der Waals surface area contributed by atoms with Gasteiger partial charge < -0.3 is 24.0 Å². The predicted molar refractivity (Wildman–Crippen MR) is 90.7 cm³/mol. The maximum absolute atomic E-state index is 12.8. The van der Waals surface area contributed by atoms with Crippen molar-refractivity contribution in [2.75, 3.05) is 52.6 Å². The van der Waals surface area contributed by atoms with Crippen LogP contribution in [-0.4, -0.2) is 85.0 Å². The molecule has 0 bridgehead atoms. The minimum Gasteiger partial charge on any atom is -0.378 e. The van der Waals surface area contributed by atoms with E-state index in [0.29, 0.717) is 76.6 Å². The van der Waals surface area contributed by atoms with Gasteiger partial charge in [0.1, 0.15) is 0 Å². The molecule has 8 heteroatoms. The topological polar surface area (TPSA) is 81.2 Å². The van der Waals surface area contributed by atoms with Gasteiger partial charge >= 0.3 is 0 Å². The van der Waals surface area contributed by atoms with Crippen LogP contribution in [0.15, 0.2) is 18.5 Å². The van der Waals surface area contributed by atoms with Crippen LogP contribution in [-0.2, 0) is 14.2 Å². The highest BCUT2D eigenvalue weighted by atomic mass is 16.7. The SMILES string of the molecule is O=C(c1cncc(C(=O)N2CCC3(CC2)OCCO3)c1)N1CCOCC1. The van der Waals surface area contributed by atoms with Gasteiger partial charge in [-0.15, -0.1) is 0 Å². The summed E-state index contributed by atoms with van der Waals surface area (Å²) >= 11 is 0. The fourth-order valence-corrected chi connectivity index (χ4v) is 3.64. The second-order valence-electron chi connectivity index (χ2n) is 6.77. The minimum absolute atomic E-state index is 0.109. The molecule has 26 heavy (non-hydrogen) atoms. The van der Waals surface area contributed by atoms with Gasteiger partial charge in [-0.25, -0.2) is 0 Å². The van der Waals surface area contributed by atoms with Crippen LogP contribution in [0, 0.1) is 0 Å². The van der Waals surface area contributed by atoms with Crippen LogP contribution in [0.1, 0.15) is 33.6 Å². The molecule has 1 aromatic rings. The first kappa shape index (κ1) is 17.4. The van der Waals surface area contributed by atoms with E-state index in [1.165, 1.54) is 12.4 Å². The first-order valence-electron chi connectivity index (χ1n) is 9.06. The van der Waals surface area contributed by atoms with Crippen molar-refractivity contribution in [3.8, 4) is 0 Å². The Bertz CT molecular complexity index is 673. The van der Waals surface area contributed by atoms with Gasteiger partial charge in [-0.1, -0.05) is 0 Å². The summed E-state index contributed by atoms with van der Waals surface area (Å²) in [5.74, 6) is -0.730. The number of morpholine rings is 1. The van der Waals surface area contributed by atoms with Gasteiger partial charge in [-0.2, -0.15) is 0 Å². The first-order valence-corrected chi connectivity index (χ1v) is 9.06. The second-order valence-corrected chi connectivity index (χ2v) is 6.77. The molecule has 0 saturated carbocycles. The lowest BCUT2D eigenvalue weighted by Crippen LogP contribution is -2.47. The lowest BCUT2D eigenvalue weighted by molar-refractivity contribution is -0.181. The van der Waals surface area contributed by atoms with Gasteiger partial charge in [0.2, 0.25) is 0 Å². The number of carbonyl (C=O) groups is 2. The van der Waals surface area contributed by atoms with Crippen molar-refractivity contribution >= 4 is 11.8 Å². The van der Waals surface area contributed by atoms with E-state index in [0.717, 1.165) is 0 Å². The summed E-state index contributed by atoms with van der Waals surface area (Å²) in [7, 11) is 0. The summed E-state index contributed by atoms with van der Waals surface area (Å²) in [5, 5.41) is 0. The molecular weight excluding hydrogens is 338 g/mol. The maximum atomic E-state index is 12.8. The summed E-state index contributed by atoms with van der Waals surface area (Å²) in [4.78, 5) is 33.0. The summed E-state index contributed by atoms with van der Waals surface area (Å²) in [6, 6.07) is 1.64. The number of hydrogen-bond acceptors (Lipinski definition) is 6. The monoisotopic (exact) mass is 361 g/mol. The van der Waals surface area contributed by atoms with Gasteiger partial charge in [0.25, 0.3) is 11.8 Å². The molecule has 8 nitrogen and oxygen atoms in total. The zero-order chi connectivity index (χ0) is 18.0. The average Bonchev–Trinajstić information content (AvgIpc) is 3.16. The van der Waals surface area contributed by atoms with Gasteiger partial charge in [-0.05, 0) is 6.07 Å². The van der Waals surface area contributed by atoms with Crippen molar-refractivity contribution in [1.82, 2.24) is 14.8 Å². The van der Waals surface area contributed by atoms with Crippen molar-refractivity contribution < 1.29 is 23.8 Å². The van der Waals surface area contributed by atoms with Crippen LogP contribution >= 0.6 is 0 Å². The van der Waals surface area contributed by atoms with E-state index in [-0.39, 0.29) is 11.8 Å². The molecule has 2 amide bonds. The number of aromatic nitrogens is 1. The fraction of sp³-hybridized carbons (Fsp3) is 0.611. The van der Waals surface area contributed by atoms with Crippen LogP contribution in [0.25, 0.3) is 0 Å². The third kappa shape index (κ3) is 3.44. The minimum atomic E-state index is -0.511. The molecule has 3 aliphatic rings. The van der Waals surface area contributed by atoms with E-state index in [2.05, 4.69) is 4.98 Å². The quantitative estimate of drug-likeness (QED) is 0.765. The molecule has 4 heterocycles. The molecule has 0 unspecified atom stereocenters. The van der Waals surface area contributed by atoms with E-state index in [9.17, 15) is 9.59 Å². The van der Waals surface area contributed by atoms with Gasteiger partial charge in [-0.3, -0.25) is 14.6 Å². The zero-order valence-corrected chi connectivity index (χ0v) is 14.7. The highest BCUT2D eigenvalue weighted by molar-refractivity contribution is 5.99. The Kier molecular flexibility index (Phi) is 4.88. The average molecular weight is 361 g/mol. The van der Waals surface area contributed by atoms with E-state index < -0.39 is 5.79 Å². The van der Waals surface area contributed by atoms with Gasteiger partial charge in [0.15, 0.2) is 5.79 Å². The largest absolute Gasteiger partial charge is 0.378 e. The molecule has 3 aliphatic heterocycles. The fourth-order valence-electron chi connectivity index (χ4n) is 3.64. The summed E-state index contributed by atoms with van der Waals surface area (Å²) in [5.41, 5.74) is 0.877. The normalized spacial score (nSPS) is 22.6. The molecule has 1 aromatic heterocycles.